The molecule has 0 spiro atoms. The number of ketones is 1. The molecule has 22 heavy (non-hydrogen) atoms. The van der Waals surface area contributed by atoms with Crippen LogP contribution in [-0.4, -0.2) is 10.9 Å². The predicted octanol–water partition coefficient (Wildman–Crippen LogP) is 4.95. The molecule has 4 aliphatic rings. The van der Waals surface area contributed by atoms with Crippen LogP contribution in [-0.2, 0) is 4.79 Å². The van der Waals surface area contributed by atoms with Crippen LogP contribution in [0.15, 0.2) is 28.7 Å². The molecule has 0 saturated heterocycles. The highest BCUT2D eigenvalue weighted by molar-refractivity contribution is 9.10. The van der Waals surface area contributed by atoms with Crippen LogP contribution in [0.1, 0.15) is 44.1 Å². The molecule has 4 bridgehead atoms. The van der Waals surface area contributed by atoms with Gasteiger partial charge in [0, 0.05) is 15.5 Å². The molecule has 4 fully saturated rings. The number of hydrogen-bond donors (Lipinski definition) is 1. The largest absolute Gasteiger partial charge is 0.507 e. The lowest BCUT2D eigenvalue weighted by atomic mass is 9.48. The molecule has 0 aliphatic heterocycles. The van der Waals surface area contributed by atoms with Gasteiger partial charge in [-0.2, -0.15) is 0 Å². The molecular weight excluding hydrogens is 340 g/mol. The fraction of sp³-hybridized carbons (Fsp3) is 0.526. The fourth-order valence-electron chi connectivity index (χ4n) is 5.41. The van der Waals surface area contributed by atoms with Gasteiger partial charge in [0.15, 0.2) is 5.78 Å². The molecule has 0 amide bonds. The Morgan fingerprint density at radius 1 is 1.14 bits per heavy atom. The third-order valence-corrected chi connectivity index (χ3v) is 6.46. The molecule has 2 nitrogen and oxygen atoms in total. The van der Waals surface area contributed by atoms with Crippen LogP contribution in [0.25, 0.3) is 6.08 Å². The molecule has 1 N–H and O–H groups in total. The minimum Gasteiger partial charge on any atom is -0.507 e. The van der Waals surface area contributed by atoms with E-state index in [4.69, 9.17) is 0 Å². The first kappa shape index (κ1) is 14.5. The monoisotopic (exact) mass is 360 g/mol. The SMILES string of the molecule is O=C(/C=C/c1cc(Br)ccc1O)C12CC3CC(CC(C3)C1)C2. The fourth-order valence-corrected chi connectivity index (χ4v) is 5.79. The number of allylic oxidation sites excluding steroid dienone is 1. The summed E-state index contributed by atoms with van der Waals surface area (Å²) in [6.45, 7) is 0. The second-order valence-electron chi connectivity index (χ2n) is 7.60. The van der Waals surface area contributed by atoms with E-state index in [2.05, 4.69) is 15.9 Å². The first-order valence-electron chi connectivity index (χ1n) is 8.25. The second-order valence-corrected chi connectivity index (χ2v) is 8.51. The van der Waals surface area contributed by atoms with Gasteiger partial charge in [-0.25, -0.2) is 0 Å². The summed E-state index contributed by atoms with van der Waals surface area (Å²) in [4.78, 5) is 12.9. The first-order valence-corrected chi connectivity index (χ1v) is 9.04. The van der Waals surface area contributed by atoms with Gasteiger partial charge in [-0.15, -0.1) is 0 Å². The van der Waals surface area contributed by atoms with Crippen LogP contribution < -0.4 is 0 Å². The topological polar surface area (TPSA) is 37.3 Å². The number of halogens is 1. The van der Waals surface area contributed by atoms with Gasteiger partial charge in [-0.1, -0.05) is 15.9 Å². The molecule has 3 heteroatoms. The maximum absolute atomic E-state index is 12.9. The summed E-state index contributed by atoms with van der Waals surface area (Å²) in [7, 11) is 0. The van der Waals surface area contributed by atoms with Crippen LogP contribution in [0.4, 0.5) is 0 Å². The Morgan fingerprint density at radius 3 is 2.32 bits per heavy atom. The summed E-state index contributed by atoms with van der Waals surface area (Å²) in [5, 5.41) is 9.90. The van der Waals surface area contributed by atoms with Crippen molar-refractivity contribution in [2.45, 2.75) is 38.5 Å². The Kier molecular flexibility index (Phi) is 3.44. The van der Waals surface area contributed by atoms with Crippen molar-refractivity contribution < 1.29 is 9.90 Å². The van der Waals surface area contributed by atoms with Crippen LogP contribution in [0, 0.1) is 23.2 Å². The maximum atomic E-state index is 12.9. The van der Waals surface area contributed by atoms with E-state index in [-0.39, 0.29) is 16.9 Å². The van der Waals surface area contributed by atoms with Gasteiger partial charge in [-0.05, 0) is 86.6 Å². The Bertz CT molecular complexity index is 612. The lowest BCUT2D eigenvalue weighted by Gasteiger charge is -2.55. The number of benzene rings is 1. The first-order chi connectivity index (χ1) is 10.5. The van der Waals surface area contributed by atoms with Crippen molar-refractivity contribution in [1.29, 1.82) is 0 Å². The highest BCUT2D eigenvalue weighted by Gasteiger charge is 2.53. The summed E-state index contributed by atoms with van der Waals surface area (Å²) >= 11 is 3.40. The normalized spacial score (nSPS) is 36.1. The molecule has 0 atom stereocenters. The zero-order chi connectivity index (χ0) is 15.3. The Hall–Kier alpha value is -1.09. The van der Waals surface area contributed by atoms with E-state index in [1.807, 2.05) is 6.07 Å². The van der Waals surface area contributed by atoms with Gasteiger partial charge in [0.05, 0.1) is 0 Å². The number of phenols is 1. The molecule has 4 aliphatic carbocycles. The van der Waals surface area contributed by atoms with E-state index in [1.165, 1.54) is 19.3 Å². The van der Waals surface area contributed by atoms with E-state index in [9.17, 15) is 9.90 Å². The van der Waals surface area contributed by atoms with Gasteiger partial charge in [0.2, 0.25) is 0 Å². The number of hydrogen-bond acceptors (Lipinski definition) is 2. The van der Waals surface area contributed by atoms with Crippen molar-refractivity contribution in [3.8, 4) is 5.75 Å². The van der Waals surface area contributed by atoms with Crippen molar-refractivity contribution in [2.24, 2.45) is 23.2 Å². The molecule has 116 valence electrons. The standard InChI is InChI=1S/C19H21BrO2/c20-16-2-3-17(21)15(8-16)1-4-18(22)19-9-12-5-13(10-19)7-14(6-12)11-19/h1-4,8,12-14,21H,5-7,9-11H2/b4-1+. The molecule has 1 aromatic rings. The summed E-state index contributed by atoms with van der Waals surface area (Å²) in [6.07, 6.45) is 10.8. The Morgan fingerprint density at radius 2 is 1.73 bits per heavy atom. The summed E-state index contributed by atoms with van der Waals surface area (Å²) in [5.74, 6) is 2.84. The molecule has 0 unspecified atom stereocenters. The van der Waals surface area contributed by atoms with Crippen LogP contribution in [0.3, 0.4) is 0 Å². The van der Waals surface area contributed by atoms with Gasteiger partial charge in [-0.3, -0.25) is 4.79 Å². The molecule has 5 rings (SSSR count). The van der Waals surface area contributed by atoms with E-state index >= 15 is 0 Å². The van der Waals surface area contributed by atoms with Crippen LogP contribution in [0.2, 0.25) is 0 Å². The maximum Gasteiger partial charge on any atom is 0.161 e. The van der Waals surface area contributed by atoms with Gasteiger partial charge >= 0.3 is 0 Å². The summed E-state index contributed by atoms with van der Waals surface area (Å²) < 4.78 is 0.909. The number of phenolic OH excluding ortho intramolecular Hbond substituents is 1. The molecule has 0 radical (unpaired) electrons. The Labute approximate surface area is 139 Å². The zero-order valence-corrected chi connectivity index (χ0v) is 14.2. The van der Waals surface area contributed by atoms with E-state index in [1.54, 1.807) is 24.3 Å². The van der Waals surface area contributed by atoms with E-state index in [0.29, 0.717) is 5.56 Å². The lowest BCUT2D eigenvalue weighted by molar-refractivity contribution is -0.138. The van der Waals surface area contributed by atoms with Crippen molar-refractivity contribution in [2.75, 3.05) is 0 Å². The third-order valence-electron chi connectivity index (χ3n) is 5.96. The average molecular weight is 361 g/mol. The van der Waals surface area contributed by atoms with E-state index in [0.717, 1.165) is 41.5 Å². The number of aromatic hydroxyl groups is 1. The smallest absolute Gasteiger partial charge is 0.161 e. The highest BCUT2D eigenvalue weighted by Crippen LogP contribution is 2.60. The number of rotatable bonds is 3. The lowest BCUT2D eigenvalue weighted by Crippen LogP contribution is -2.49. The predicted molar refractivity (Wildman–Crippen MR) is 90.5 cm³/mol. The van der Waals surface area contributed by atoms with Gasteiger partial charge in [0.25, 0.3) is 0 Å². The van der Waals surface area contributed by atoms with Gasteiger partial charge < -0.3 is 5.11 Å². The van der Waals surface area contributed by atoms with Crippen LogP contribution in [0.5, 0.6) is 5.75 Å². The quantitative estimate of drug-likeness (QED) is 0.774. The summed E-state index contributed by atoms with van der Waals surface area (Å²) in [6, 6.07) is 5.30. The number of carbonyl (C=O) groups is 1. The molecule has 0 heterocycles. The van der Waals surface area contributed by atoms with E-state index < -0.39 is 0 Å². The van der Waals surface area contributed by atoms with Crippen molar-refractivity contribution in [3.05, 3.63) is 34.3 Å². The van der Waals surface area contributed by atoms with Crippen molar-refractivity contribution >= 4 is 27.8 Å². The molecular formula is C19H21BrO2. The highest BCUT2D eigenvalue weighted by atomic mass is 79.9. The third kappa shape index (κ3) is 2.44. The molecule has 1 aromatic carbocycles. The Balaban J connectivity index is 1.57. The molecule has 4 saturated carbocycles. The second kappa shape index (κ2) is 5.23. The number of carbonyl (C=O) groups excluding carboxylic acids is 1. The molecule has 0 aromatic heterocycles. The summed E-state index contributed by atoms with van der Waals surface area (Å²) in [5.41, 5.74) is 0.611. The van der Waals surface area contributed by atoms with Crippen molar-refractivity contribution in [1.82, 2.24) is 0 Å². The average Bonchev–Trinajstić information content (AvgIpc) is 2.46. The van der Waals surface area contributed by atoms with Crippen LogP contribution >= 0.6 is 15.9 Å². The minimum atomic E-state index is -0.0904. The zero-order valence-electron chi connectivity index (χ0n) is 12.6. The van der Waals surface area contributed by atoms with Gasteiger partial charge in [0.1, 0.15) is 5.75 Å². The minimum absolute atomic E-state index is 0.0904. The van der Waals surface area contributed by atoms with Crippen molar-refractivity contribution in [3.63, 3.8) is 0 Å².